The predicted octanol–water partition coefficient (Wildman–Crippen LogP) is 4.67. The summed E-state index contributed by atoms with van der Waals surface area (Å²) in [7, 11) is 0. The van der Waals surface area contributed by atoms with E-state index in [9.17, 15) is 31.1 Å². The molecule has 0 unspecified atom stereocenters. The molecule has 1 saturated carbocycles. The largest absolute Gasteiger partial charge is 0.416 e. The Labute approximate surface area is 187 Å². The summed E-state index contributed by atoms with van der Waals surface area (Å²) in [5.41, 5.74) is 3.40. The highest BCUT2D eigenvalue weighted by Crippen LogP contribution is 2.38. The highest BCUT2D eigenvalue weighted by atomic mass is 19.4. The Morgan fingerprint density at radius 1 is 0.970 bits per heavy atom. The number of nitrogens with two attached hydrogens (primary N) is 1. The summed E-state index contributed by atoms with van der Waals surface area (Å²) in [5.74, 6) is -0.644. The summed E-state index contributed by atoms with van der Waals surface area (Å²) >= 11 is 0. The molecule has 3 N–H and O–H groups in total. The molecule has 1 aliphatic carbocycles. The minimum Gasteiger partial charge on any atom is -0.377 e. The van der Waals surface area contributed by atoms with Gasteiger partial charge in [-0.05, 0) is 48.6 Å². The number of primary amides is 1. The van der Waals surface area contributed by atoms with Gasteiger partial charge in [0, 0.05) is 12.0 Å². The van der Waals surface area contributed by atoms with Crippen molar-refractivity contribution in [3.63, 3.8) is 0 Å². The summed E-state index contributed by atoms with van der Waals surface area (Å²) in [6, 6.07) is 10.8. The van der Waals surface area contributed by atoms with Crippen LogP contribution in [0.25, 0.3) is 0 Å². The van der Waals surface area contributed by atoms with Gasteiger partial charge in [0.15, 0.2) is 0 Å². The molecular weight excluding hydrogens is 450 g/mol. The van der Waals surface area contributed by atoms with Gasteiger partial charge in [0.25, 0.3) is 0 Å². The van der Waals surface area contributed by atoms with Crippen molar-refractivity contribution in [3.05, 3.63) is 70.8 Å². The second kappa shape index (κ2) is 10.1. The van der Waals surface area contributed by atoms with E-state index in [1.165, 1.54) is 0 Å². The summed E-state index contributed by atoms with van der Waals surface area (Å²) in [6.07, 6.45) is -8.90. The van der Waals surface area contributed by atoms with E-state index in [0.717, 1.165) is 17.7 Å². The number of halogens is 6. The van der Waals surface area contributed by atoms with E-state index in [1.54, 1.807) is 0 Å². The van der Waals surface area contributed by atoms with Gasteiger partial charge >= 0.3 is 12.4 Å². The maximum atomic E-state index is 13.1. The first-order valence-electron chi connectivity index (χ1n) is 10.4. The van der Waals surface area contributed by atoms with E-state index in [1.807, 2.05) is 30.3 Å². The molecule has 2 aromatic carbocycles. The summed E-state index contributed by atoms with van der Waals surface area (Å²) in [6.45, 7) is -0.0552. The van der Waals surface area contributed by atoms with Gasteiger partial charge in [-0.1, -0.05) is 30.3 Å². The van der Waals surface area contributed by atoms with E-state index in [0.29, 0.717) is 12.8 Å². The number of rotatable bonds is 8. The van der Waals surface area contributed by atoms with E-state index >= 15 is 0 Å². The van der Waals surface area contributed by atoms with Gasteiger partial charge in [0.1, 0.15) is 0 Å². The van der Waals surface area contributed by atoms with E-state index in [4.69, 9.17) is 10.5 Å². The summed E-state index contributed by atoms with van der Waals surface area (Å²) < 4.78 is 84.4. The molecule has 0 spiro atoms. The molecule has 0 heterocycles. The zero-order chi connectivity index (χ0) is 24.2. The van der Waals surface area contributed by atoms with Crippen LogP contribution in [0.15, 0.2) is 48.5 Å². The predicted molar refractivity (Wildman–Crippen MR) is 109 cm³/mol. The normalized spacial score (nSPS) is 21.3. The third kappa shape index (κ3) is 6.70. The molecular formula is C23H24F6N2O2. The van der Waals surface area contributed by atoms with Crippen molar-refractivity contribution in [1.82, 2.24) is 5.32 Å². The molecule has 0 radical (unpaired) electrons. The average Bonchev–Trinajstić information content (AvgIpc) is 3.14. The molecule has 0 bridgehead atoms. The molecule has 2 aromatic rings. The van der Waals surface area contributed by atoms with Crippen molar-refractivity contribution >= 4 is 5.91 Å². The van der Waals surface area contributed by atoms with Crippen LogP contribution in [-0.4, -0.2) is 31.2 Å². The van der Waals surface area contributed by atoms with Crippen LogP contribution in [0, 0.1) is 0 Å². The van der Waals surface area contributed by atoms with Crippen LogP contribution in [0.4, 0.5) is 26.3 Å². The van der Waals surface area contributed by atoms with Crippen molar-refractivity contribution in [2.45, 2.75) is 49.7 Å². The SMILES string of the molecule is NC(=O)CN[C@@H]1CC[C@H](OCCc2cc(C(F)(F)F)cc(C(F)(F)F)c2)[C@H]1c1ccccc1. The molecule has 0 aromatic heterocycles. The number of hydrogen-bond acceptors (Lipinski definition) is 3. The Bertz CT molecular complexity index is 914. The van der Waals surface area contributed by atoms with Crippen LogP contribution in [0.3, 0.4) is 0 Å². The number of carbonyl (C=O) groups excluding carboxylic acids is 1. The fourth-order valence-corrected chi connectivity index (χ4v) is 4.22. The second-order valence-electron chi connectivity index (χ2n) is 8.04. The lowest BCUT2D eigenvalue weighted by molar-refractivity contribution is -0.143. The number of carbonyl (C=O) groups is 1. The minimum absolute atomic E-state index is 0.00876. The Morgan fingerprint density at radius 2 is 1.58 bits per heavy atom. The monoisotopic (exact) mass is 474 g/mol. The minimum atomic E-state index is -4.89. The van der Waals surface area contributed by atoms with Gasteiger partial charge in [-0.25, -0.2) is 0 Å². The number of benzene rings is 2. The topological polar surface area (TPSA) is 64.4 Å². The number of nitrogens with one attached hydrogen (secondary N) is 1. The maximum Gasteiger partial charge on any atom is 0.416 e. The van der Waals surface area contributed by atoms with Gasteiger partial charge in [0.05, 0.1) is 30.4 Å². The molecule has 3 rings (SSSR count). The van der Waals surface area contributed by atoms with Gasteiger partial charge in [-0.15, -0.1) is 0 Å². The Hall–Kier alpha value is -2.59. The lowest BCUT2D eigenvalue weighted by atomic mass is 9.92. The van der Waals surface area contributed by atoms with Crippen LogP contribution in [0.5, 0.6) is 0 Å². The van der Waals surface area contributed by atoms with E-state index in [2.05, 4.69) is 5.32 Å². The number of hydrogen-bond donors (Lipinski definition) is 2. The molecule has 4 nitrogen and oxygen atoms in total. The zero-order valence-corrected chi connectivity index (χ0v) is 17.5. The Balaban J connectivity index is 1.73. The lowest BCUT2D eigenvalue weighted by Crippen LogP contribution is -2.39. The summed E-state index contributed by atoms with van der Waals surface area (Å²) in [4.78, 5) is 11.2. The lowest BCUT2D eigenvalue weighted by Gasteiger charge is -2.26. The highest BCUT2D eigenvalue weighted by Gasteiger charge is 2.39. The standard InChI is InChI=1S/C23H24F6N2O2/c24-22(25,26)16-10-14(11-17(12-16)23(27,28)29)8-9-33-19-7-6-18(31-13-20(30)32)21(19)15-4-2-1-3-5-15/h1-5,10-12,18-19,21,31H,6-9,13H2,(H2,30,32)/t18-,19+,21+/m1/s1. The molecule has 1 aliphatic rings. The first-order valence-corrected chi connectivity index (χ1v) is 10.4. The first-order chi connectivity index (χ1) is 15.4. The molecule has 10 heteroatoms. The van der Waals surface area contributed by atoms with Crippen molar-refractivity contribution in [2.75, 3.05) is 13.2 Å². The van der Waals surface area contributed by atoms with Crippen molar-refractivity contribution in [2.24, 2.45) is 5.73 Å². The molecule has 33 heavy (non-hydrogen) atoms. The van der Waals surface area contributed by atoms with Crippen LogP contribution < -0.4 is 11.1 Å². The van der Waals surface area contributed by atoms with Gasteiger partial charge in [0.2, 0.25) is 5.91 Å². The van der Waals surface area contributed by atoms with Crippen LogP contribution in [0.2, 0.25) is 0 Å². The van der Waals surface area contributed by atoms with Gasteiger partial charge in [-0.3, -0.25) is 4.79 Å². The number of ether oxygens (including phenoxy) is 1. The smallest absolute Gasteiger partial charge is 0.377 e. The van der Waals surface area contributed by atoms with Crippen molar-refractivity contribution in [1.29, 1.82) is 0 Å². The molecule has 180 valence electrons. The molecule has 1 fully saturated rings. The third-order valence-electron chi connectivity index (χ3n) is 5.69. The molecule has 1 amide bonds. The Morgan fingerprint density at radius 3 is 2.12 bits per heavy atom. The molecule has 0 saturated heterocycles. The quantitative estimate of drug-likeness (QED) is 0.547. The van der Waals surface area contributed by atoms with Crippen LogP contribution in [0.1, 0.15) is 41.0 Å². The highest BCUT2D eigenvalue weighted by molar-refractivity contribution is 5.75. The molecule has 3 atom stereocenters. The average molecular weight is 474 g/mol. The second-order valence-corrected chi connectivity index (χ2v) is 8.04. The van der Waals surface area contributed by atoms with E-state index < -0.39 is 29.4 Å². The van der Waals surface area contributed by atoms with Gasteiger partial charge in [-0.2, -0.15) is 26.3 Å². The number of amides is 1. The van der Waals surface area contributed by atoms with Gasteiger partial charge < -0.3 is 15.8 Å². The van der Waals surface area contributed by atoms with Crippen molar-refractivity contribution < 1.29 is 35.9 Å². The first kappa shape index (κ1) is 25.0. The fourth-order valence-electron chi connectivity index (χ4n) is 4.22. The van der Waals surface area contributed by atoms with Crippen molar-refractivity contribution in [3.8, 4) is 0 Å². The Kier molecular flexibility index (Phi) is 7.69. The zero-order valence-electron chi connectivity index (χ0n) is 17.5. The maximum absolute atomic E-state index is 13.1. The van der Waals surface area contributed by atoms with E-state index in [-0.39, 0.29) is 49.3 Å². The molecule has 0 aliphatic heterocycles. The fraction of sp³-hybridized carbons (Fsp3) is 0.435. The third-order valence-corrected chi connectivity index (χ3v) is 5.69. The number of alkyl halides is 6. The summed E-state index contributed by atoms with van der Waals surface area (Å²) in [5, 5.41) is 3.11. The van der Waals surface area contributed by atoms with Crippen LogP contribution in [-0.2, 0) is 28.3 Å². The van der Waals surface area contributed by atoms with Crippen LogP contribution >= 0.6 is 0 Å².